The van der Waals surface area contributed by atoms with Crippen molar-refractivity contribution in [2.45, 2.75) is 50.9 Å². The molecule has 48 heavy (non-hydrogen) atoms. The fourth-order valence-electron chi connectivity index (χ4n) is 6.34. The molecular formula is C32H38F2N5O8P. The molecule has 13 nitrogen and oxygen atoms in total. The van der Waals surface area contributed by atoms with Gasteiger partial charge in [-0.3, -0.25) is 23.7 Å². The molecule has 2 aromatic carbocycles. The molecule has 16 heteroatoms. The Balaban J connectivity index is 1.34. The van der Waals surface area contributed by atoms with Crippen LogP contribution in [0.15, 0.2) is 48.5 Å². The first kappa shape index (κ1) is 35.0. The summed E-state index contributed by atoms with van der Waals surface area (Å²) in [6.45, 7) is 3.98. The number of aromatic nitrogens is 1. The molecule has 2 fully saturated rings. The van der Waals surface area contributed by atoms with Crippen LogP contribution in [0.3, 0.4) is 0 Å². The Morgan fingerprint density at radius 1 is 1.10 bits per heavy atom. The summed E-state index contributed by atoms with van der Waals surface area (Å²) < 4.78 is 45.3. The Labute approximate surface area is 275 Å². The average Bonchev–Trinajstić information content (AvgIpc) is 3.66. The third-order valence-corrected chi connectivity index (χ3v) is 9.95. The zero-order valence-corrected chi connectivity index (χ0v) is 27.6. The van der Waals surface area contributed by atoms with E-state index in [0.717, 1.165) is 12.1 Å². The molecule has 2 saturated heterocycles. The second kappa shape index (κ2) is 13.7. The van der Waals surface area contributed by atoms with Gasteiger partial charge in [-0.25, -0.2) is 0 Å². The Bertz CT molecular complexity index is 1760. The maximum atomic E-state index is 14.3. The number of amides is 4. The highest BCUT2D eigenvalue weighted by molar-refractivity contribution is 7.52. The van der Waals surface area contributed by atoms with Crippen molar-refractivity contribution >= 4 is 47.8 Å². The van der Waals surface area contributed by atoms with E-state index >= 15 is 0 Å². The molecule has 0 aliphatic carbocycles. The lowest BCUT2D eigenvalue weighted by Gasteiger charge is -2.39. The van der Waals surface area contributed by atoms with Gasteiger partial charge in [0.25, 0.3) is 5.91 Å². The second-order valence-corrected chi connectivity index (χ2v) is 13.7. The fourth-order valence-corrected chi connectivity index (χ4v) is 6.81. The molecule has 1 unspecified atom stereocenters. The van der Waals surface area contributed by atoms with Crippen molar-refractivity contribution in [3.63, 3.8) is 0 Å². The zero-order valence-electron chi connectivity index (χ0n) is 26.7. The number of carbonyl (C=O) groups excluding carboxylic acids is 4. The SMILES string of the molecule is CCOc1ccc(N(C)C(=O)[C@@H]2CC[C@@H]3CCN(C(C)=O)CC(CNC(=O)c4cc5cc(C(F)(F)P(=O)(O)O)ccc5[nH]4)C(=O)N32)cc1. The van der Waals surface area contributed by atoms with Crippen LogP contribution in [-0.2, 0) is 24.6 Å². The van der Waals surface area contributed by atoms with E-state index in [1.165, 1.54) is 24.0 Å². The molecule has 3 atom stereocenters. The molecule has 4 N–H and O–H groups in total. The van der Waals surface area contributed by atoms with Crippen LogP contribution >= 0.6 is 7.60 Å². The monoisotopic (exact) mass is 689 g/mol. The number of hydrogen-bond donors (Lipinski definition) is 4. The predicted octanol–water partition coefficient (Wildman–Crippen LogP) is 3.41. The molecule has 0 radical (unpaired) electrons. The quantitative estimate of drug-likeness (QED) is 0.248. The van der Waals surface area contributed by atoms with Gasteiger partial charge in [-0.05, 0) is 68.7 Å². The van der Waals surface area contributed by atoms with Gasteiger partial charge < -0.3 is 39.5 Å². The number of alkyl halides is 2. The van der Waals surface area contributed by atoms with Crippen molar-refractivity contribution in [1.29, 1.82) is 0 Å². The minimum atomic E-state index is -5.79. The van der Waals surface area contributed by atoms with E-state index in [-0.39, 0.29) is 53.4 Å². The van der Waals surface area contributed by atoms with E-state index in [0.29, 0.717) is 43.9 Å². The van der Waals surface area contributed by atoms with Crippen LogP contribution in [0.4, 0.5) is 14.5 Å². The molecule has 0 saturated carbocycles. The molecule has 1 aromatic heterocycles. The molecule has 0 bridgehead atoms. The van der Waals surface area contributed by atoms with Crippen molar-refractivity contribution in [1.82, 2.24) is 20.1 Å². The van der Waals surface area contributed by atoms with E-state index in [9.17, 15) is 32.5 Å². The highest BCUT2D eigenvalue weighted by Gasteiger charge is 2.50. The Hall–Kier alpha value is -4.33. The van der Waals surface area contributed by atoms with Crippen LogP contribution in [0.2, 0.25) is 0 Å². The molecule has 2 aliphatic rings. The smallest absolute Gasteiger partial charge is 0.399 e. The van der Waals surface area contributed by atoms with E-state index < -0.39 is 36.7 Å². The summed E-state index contributed by atoms with van der Waals surface area (Å²) in [5.41, 5.74) is -4.46. The molecule has 2 aliphatic heterocycles. The van der Waals surface area contributed by atoms with Gasteiger partial charge in [0.15, 0.2) is 0 Å². The first-order valence-electron chi connectivity index (χ1n) is 15.5. The normalized spacial score (nSPS) is 20.2. The van der Waals surface area contributed by atoms with Crippen molar-refractivity contribution in [2.24, 2.45) is 5.92 Å². The highest BCUT2D eigenvalue weighted by Crippen LogP contribution is 2.59. The van der Waals surface area contributed by atoms with Gasteiger partial charge in [0.2, 0.25) is 17.7 Å². The van der Waals surface area contributed by atoms with E-state index in [2.05, 4.69) is 10.3 Å². The number of nitrogens with zero attached hydrogens (tertiary/aromatic N) is 3. The Morgan fingerprint density at radius 2 is 1.81 bits per heavy atom. The predicted molar refractivity (Wildman–Crippen MR) is 172 cm³/mol. The summed E-state index contributed by atoms with van der Waals surface area (Å²) in [6.07, 6.45) is 1.51. The van der Waals surface area contributed by atoms with Crippen LogP contribution in [0, 0.1) is 5.92 Å². The number of carbonyl (C=O) groups is 4. The third-order valence-electron chi connectivity index (χ3n) is 8.96. The van der Waals surface area contributed by atoms with Crippen LogP contribution in [0.1, 0.15) is 49.2 Å². The second-order valence-electron chi connectivity index (χ2n) is 12.0. The number of halogens is 2. The summed E-state index contributed by atoms with van der Waals surface area (Å²) in [5.74, 6) is -1.75. The average molecular weight is 690 g/mol. The summed E-state index contributed by atoms with van der Waals surface area (Å²) in [7, 11) is -4.15. The first-order valence-corrected chi connectivity index (χ1v) is 17.2. The number of likely N-dealkylation sites (N-methyl/N-ethyl adjacent to an activating group) is 1. The molecular weight excluding hydrogens is 651 g/mol. The number of ether oxygens (including phenoxy) is 1. The summed E-state index contributed by atoms with van der Waals surface area (Å²) in [5, 5.41) is 2.81. The van der Waals surface area contributed by atoms with Gasteiger partial charge in [0.05, 0.1) is 12.5 Å². The highest BCUT2D eigenvalue weighted by atomic mass is 31.2. The lowest BCUT2D eigenvalue weighted by atomic mass is 10.0. The standard InChI is InChI=1S/C32H38F2N5O8P/c1-4-47-25-9-6-23(7-10-25)37(3)31(43)28-12-8-24-13-14-38(19(2)40)18-21(30(42)39(24)28)17-35-29(41)27-16-20-15-22(5-11-26(20)36-27)32(33,34)48(44,45)46/h5-7,9-11,15-16,21,24,28,36H,4,8,12-14,17-18H2,1-3H3,(H,35,41)(H2,44,45,46)/t21?,24-,28+/m1/s1. The number of benzene rings is 2. The Morgan fingerprint density at radius 3 is 2.46 bits per heavy atom. The van der Waals surface area contributed by atoms with Crippen molar-refractivity contribution in [3.05, 3.63) is 59.8 Å². The lowest BCUT2D eigenvalue weighted by Crippen LogP contribution is -2.56. The van der Waals surface area contributed by atoms with Gasteiger partial charge in [0.1, 0.15) is 17.5 Å². The van der Waals surface area contributed by atoms with Gasteiger partial charge >= 0.3 is 13.3 Å². The Kier molecular flexibility index (Phi) is 9.95. The van der Waals surface area contributed by atoms with E-state index in [1.54, 1.807) is 41.1 Å². The van der Waals surface area contributed by atoms with Gasteiger partial charge in [-0.15, -0.1) is 0 Å². The van der Waals surface area contributed by atoms with Crippen LogP contribution < -0.4 is 15.0 Å². The molecule has 4 amide bonds. The number of fused-ring (bicyclic) bond motifs is 2. The summed E-state index contributed by atoms with van der Waals surface area (Å²) >= 11 is 0. The zero-order chi connectivity index (χ0) is 35.0. The number of anilines is 1. The molecule has 3 heterocycles. The third kappa shape index (κ3) is 6.94. The van der Waals surface area contributed by atoms with Crippen molar-refractivity contribution in [3.8, 4) is 5.75 Å². The van der Waals surface area contributed by atoms with Crippen LogP contribution in [0.25, 0.3) is 10.9 Å². The molecule has 0 spiro atoms. The topological polar surface area (TPSA) is 173 Å². The van der Waals surface area contributed by atoms with E-state index in [1.807, 2.05) is 6.92 Å². The van der Waals surface area contributed by atoms with Gasteiger partial charge in [0, 0.05) is 61.8 Å². The number of rotatable bonds is 9. The molecule has 3 aromatic rings. The maximum absolute atomic E-state index is 14.3. The lowest BCUT2D eigenvalue weighted by molar-refractivity contribution is -0.146. The minimum absolute atomic E-state index is 0.0147. The van der Waals surface area contributed by atoms with Crippen LogP contribution in [-0.4, -0.2) is 93.6 Å². The van der Waals surface area contributed by atoms with Crippen molar-refractivity contribution < 1.29 is 47.0 Å². The minimum Gasteiger partial charge on any atom is -0.494 e. The van der Waals surface area contributed by atoms with Crippen molar-refractivity contribution in [2.75, 3.05) is 38.2 Å². The van der Waals surface area contributed by atoms with Gasteiger partial charge in [-0.2, -0.15) is 8.78 Å². The largest absolute Gasteiger partial charge is 0.494 e. The summed E-state index contributed by atoms with van der Waals surface area (Å²) in [4.78, 5) is 79.2. The fraction of sp³-hybridized carbons (Fsp3) is 0.438. The molecule has 5 rings (SSSR count). The maximum Gasteiger partial charge on any atom is 0.399 e. The van der Waals surface area contributed by atoms with Crippen LogP contribution in [0.5, 0.6) is 5.75 Å². The number of H-pyrrole nitrogens is 1. The summed E-state index contributed by atoms with van der Waals surface area (Å²) in [6, 6.07) is 10.2. The first-order chi connectivity index (χ1) is 22.6. The molecule has 258 valence electrons. The van der Waals surface area contributed by atoms with Gasteiger partial charge in [-0.1, -0.05) is 6.07 Å². The number of hydrogen-bond acceptors (Lipinski definition) is 6. The number of nitrogens with one attached hydrogen (secondary N) is 2. The van der Waals surface area contributed by atoms with E-state index in [4.69, 9.17) is 14.5 Å². The number of aromatic amines is 1.